The van der Waals surface area contributed by atoms with Gasteiger partial charge in [-0.15, -0.1) is 0 Å². The highest BCUT2D eigenvalue weighted by atomic mass is 35.5. The lowest BCUT2D eigenvalue weighted by molar-refractivity contribution is -0.118. The van der Waals surface area contributed by atoms with Crippen molar-refractivity contribution in [3.8, 4) is 11.5 Å². The van der Waals surface area contributed by atoms with Gasteiger partial charge in [-0.2, -0.15) is 0 Å². The summed E-state index contributed by atoms with van der Waals surface area (Å²) in [6.07, 6.45) is 1.25. The van der Waals surface area contributed by atoms with Crippen LogP contribution < -0.4 is 15.4 Å². The molecule has 2 aliphatic rings. The average Bonchev–Trinajstić information content (AvgIpc) is 2.80. The molecule has 0 bridgehead atoms. The van der Waals surface area contributed by atoms with Gasteiger partial charge in [0.25, 0.3) is 0 Å². The maximum atomic E-state index is 13.2. The van der Waals surface area contributed by atoms with Gasteiger partial charge in [-0.05, 0) is 48.6 Å². The largest absolute Gasteiger partial charge is 0.503 e. The predicted molar refractivity (Wildman–Crippen MR) is 116 cm³/mol. The van der Waals surface area contributed by atoms with Crippen molar-refractivity contribution < 1.29 is 14.6 Å². The predicted octanol–water partition coefficient (Wildman–Crippen LogP) is 5.67. The monoisotopic (exact) mass is 412 g/mol. The molecule has 1 atom stereocenters. The number of anilines is 2. The minimum Gasteiger partial charge on any atom is -0.503 e. The van der Waals surface area contributed by atoms with E-state index in [1.54, 1.807) is 12.1 Å². The lowest BCUT2D eigenvalue weighted by Gasteiger charge is -2.34. The number of phenols is 1. The first-order chi connectivity index (χ1) is 13.8. The molecule has 152 valence electrons. The Morgan fingerprint density at radius 2 is 1.93 bits per heavy atom. The van der Waals surface area contributed by atoms with E-state index >= 15 is 0 Å². The van der Waals surface area contributed by atoms with Crippen LogP contribution in [0.25, 0.3) is 0 Å². The Morgan fingerprint density at radius 3 is 2.66 bits per heavy atom. The molecular formula is C23H25ClN2O3. The van der Waals surface area contributed by atoms with Crippen molar-refractivity contribution in [2.24, 2.45) is 5.41 Å². The Kier molecular flexibility index (Phi) is 4.95. The first-order valence-corrected chi connectivity index (χ1v) is 10.2. The van der Waals surface area contributed by atoms with Crippen LogP contribution in [0, 0.1) is 5.41 Å². The van der Waals surface area contributed by atoms with Gasteiger partial charge in [0.15, 0.2) is 17.3 Å². The number of carbonyl (C=O) groups is 1. The van der Waals surface area contributed by atoms with Crippen molar-refractivity contribution in [2.75, 3.05) is 17.2 Å². The maximum Gasteiger partial charge on any atom is 0.176 e. The third-order valence-corrected chi connectivity index (χ3v) is 5.69. The van der Waals surface area contributed by atoms with E-state index < -0.39 is 6.04 Å². The van der Waals surface area contributed by atoms with E-state index in [2.05, 4.69) is 24.5 Å². The number of benzene rings is 2. The van der Waals surface area contributed by atoms with Gasteiger partial charge in [-0.3, -0.25) is 4.79 Å². The molecule has 6 heteroatoms. The number of ketones is 1. The van der Waals surface area contributed by atoms with Gasteiger partial charge in [0.05, 0.1) is 29.0 Å². The summed E-state index contributed by atoms with van der Waals surface area (Å²) in [5.41, 5.74) is 4.13. The summed E-state index contributed by atoms with van der Waals surface area (Å²) in [4.78, 5) is 13.2. The summed E-state index contributed by atoms with van der Waals surface area (Å²) in [5.74, 6) is 0.332. The number of phenolic OH excluding ortho intramolecular Hbond substituents is 1. The molecule has 1 unspecified atom stereocenters. The first-order valence-electron chi connectivity index (χ1n) is 9.83. The number of nitrogens with one attached hydrogen (secondary N) is 2. The van der Waals surface area contributed by atoms with Crippen molar-refractivity contribution in [3.05, 3.63) is 58.3 Å². The van der Waals surface area contributed by atoms with Gasteiger partial charge in [-0.25, -0.2) is 0 Å². The number of para-hydroxylation sites is 2. The number of carbonyl (C=O) groups excluding carboxylic acids is 1. The van der Waals surface area contributed by atoms with Crippen LogP contribution in [0.5, 0.6) is 11.5 Å². The molecule has 4 rings (SSSR count). The summed E-state index contributed by atoms with van der Waals surface area (Å²) in [6, 6.07) is 11.0. The molecule has 0 saturated heterocycles. The molecule has 0 amide bonds. The molecule has 0 aromatic heterocycles. The number of aromatic hydroxyl groups is 1. The normalized spacial score (nSPS) is 20.1. The number of ether oxygens (including phenoxy) is 1. The Bertz CT molecular complexity index is 1010. The van der Waals surface area contributed by atoms with Gasteiger partial charge in [0.1, 0.15) is 0 Å². The zero-order valence-corrected chi connectivity index (χ0v) is 17.6. The molecule has 29 heavy (non-hydrogen) atoms. The molecule has 5 nitrogen and oxygen atoms in total. The smallest absolute Gasteiger partial charge is 0.176 e. The Hall–Kier alpha value is -2.66. The third-order valence-electron chi connectivity index (χ3n) is 5.41. The number of hydrogen-bond acceptors (Lipinski definition) is 5. The summed E-state index contributed by atoms with van der Waals surface area (Å²) < 4.78 is 5.57. The molecule has 1 heterocycles. The number of fused-ring (bicyclic) bond motifs is 1. The van der Waals surface area contributed by atoms with Gasteiger partial charge in [0, 0.05) is 17.7 Å². The molecular weight excluding hydrogens is 388 g/mol. The summed E-state index contributed by atoms with van der Waals surface area (Å²) >= 11 is 6.30. The fourth-order valence-corrected chi connectivity index (χ4v) is 4.38. The Balaban J connectivity index is 1.90. The van der Waals surface area contributed by atoms with Crippen molar-refractivity contribution in [3.63, 3.8) is 0 Å². The summed E-state index contributed by atoms with van der Waals surface area (Å²) in [6.45, 7) is 6.47. The van der Waals surface area contributed by atoms with E-state index in [1.807, 2.05) is 31.2 Å². The number of allylic oxidation sites excluding steroid dienone is 1. The van der Waals surface area contributed by atoms with Crippen LogP contribution in [-0.4, -0.2) is 17.5 Å². The molecule has 0 spiro atoms. The standard InChI is InChI=1S/C23H25ClN2O3/c1-4-29-19-10-13(9-14(24)22(19)28)21-20-17(11-23(2,3)12-18(20)27)25-15-7-5-6-8-16(15)26-21/h5-10,21,25-26,28H,4,11-12H2,1-3H3. The quantitative estimate of drug-likeness (QED) is 0.606. The molecule has 0 fully saturated rings. The van der Waals surface area contributed by atoms with Gasteiger partial charge in [0.2, 0.25) is 0 Å². The topological polar surface area (TPSA) is 70.6 Å². The van der Waals surface area contributed by atoms with Crippen LogP contribution in [-0.2, 0) is 4.79 Å². The highest BCUT2D eigenvalue weighted by molar-refractivity contribution is 6.32. The third kappa shape index (κ3) is 3.67. The Morgan fingerprint density at radius 1 is 1.21 bits per heavy atom. The minimum atomic E-state index is -0.401. The zero-order chi connectivity index (χ0) is 20.8. The van der Waals surface area contributed by atoms with E-state index in [-0.39, 0.29) is 22.0 Å². The molecule has 1 aliphatic heterocycles. The van der Waals surface area contributed by atoms with E-state index in [1.165, 1.54) is 0 Å². The minimum absolute atomic E-state index is 0.0882. The highest BCUT2D eigenvalue weighted by Crippen LogP contribution is 2.47. The SMILES string of the molecule is CCOc1cc(C2Nc3ccccc3NC3=C2C(=O)CC(C)(C)C3)cc(Cl)c1O. The molecule has 1 aliphatic carbocycles. The van der Waals surface area contributed by atoms with E-state index in [4.69, 9.17) is 16.3 Å². The van der Waals surface area contributed by atoms with Crippen LogP contribution in [0.2, 0.25) is 5.02 Å². The maximum absolute atomic E-state index is 13.2. The molecule has 0 radical (unpaired) electrons. The molecule has 2 aromatic carbocycles. The average molecular weight is 413 g/mol. The molecule has 3 N–H and O–H groups in total. The number of halogens is 1. The second-order valence-corrected chi connectivity index (χ2v) is 8.77. The van der Waals surface area contributed by atoms with Crippen molar-refractivity contribution >= 4 is 28.8 Å². The van der Waals surface area contributed by atoms with Crippen molar-refractivity contribution in [1.29, 1.82) is 0 Å². The molecule has 2 aromatic rings. The van der Waals surface area contributed by atoms with Gasteiger partial charge in [-0.1, -0.05) is 37.6 Å². The lowest BCUT2D eigenvalue weighted by atomic mass is 9.73. The van der Waals surface area contributed by atoms with Crippen LogP contribution in [0.15, 0.2) is 47.7 Å². The van der Waals surface area contributed by atoms with E-state index in [0.29, 0.717) is 24.4 Å². The summed E-state index contributed by atoms with van der Waals surface area (Å²) in [5, 5.41) is 17.5. The van der Waals surface area contributed by atoms with Crippen LogP contribution in [0.3, 0.4) is 0 Å². The summed E-state index contributed by atoms with van der Waals surface area (Å²) in [7, 11) is 0. The van der Waals surface area contributed by atoms with Crippen molar-refractivity contribution in [2.45, 2.75) is 39.7 Å². The number of rotatable bonds is 3. The van der Waals surface area contributed by atoms with Gasteiger partial charge < -0.3 is 20.5 Å². The van der Waals surface area contributed by atoms with E-state index in [9.17, 15) is 9.90 Å². The lowest BCUT2D eigenvalue weighted by Crippen LogP contribution is -2.31. The number of hydrogen-bond donors (Lipinski definition) is 3. The van der Waals surface area contributed by atoms with E-state index in [0.717, 1.165) is 29.1 Å². The Labute approximate surface area is 175 Å². The zero-order valence-electron chi connectivity index (χ0n) is 16.8. The van der Waals surface area contributed by atoms with Gasteiger partial charge >= 0.3 is 0 Å². The first kappa shape index (κ1) is 19.6. The van der Waals surface area contributed by atoms with Crippen LogP contribution >= 0.6 is 11.6 Å². The van der Waals surface area contributed by atoms with Crippen LogP contribution in [0.4, 0.5) is 11.4 Å². The van der Waals surface area contributed by atoms with Crippen LogP contribution in [0.1, 0.15) is 45.2 Å². The van der Waals surface area contributed by atoms with Crippen molar-refractivity contribution in [1.82, 2.24) is 0 Å². The second kappa shape index (κ2) is 7.30. The second-order valence-electron chi connectivity index (χ2n) is 8.36. The molecule has 0 saturated carbocycles. The fraction of sp³-hybridized carbons (Fsp3) is 0.348. The fourth-order valence-electron chi connectivity index (χ4n) is 4.17. The highest BCUT2D eigenvalue weighted by Gasteiger charge is 2.39. The number of Topliss-reactive ketones (excluding diaryl/α,β-unsaturated/α-hetero) is 1.